The van der Waals surface area contributed by atoms with E-state index in [1.54, 1.807) is 49.7 Å². The number of rotatable bonds is 8. The Balaban J connectivity index is 1.77. The summed E-state index contributed by atoms with van der Waals surface area (Å²) in [5.41, 5.74) is 0.604. The summed E-state index contributed by atoms with van der Waals surface area (Å²) in [5.74, 6) is 1.04. The summed E-state index contributed by atoms with van der Waals surface area (Å²) in [4.78, 5) is 16.0. The van der Waals surface area contributed by atoms with Gasteiger partial charge in [0.25, 0.3) is 5.91 Å². The van der Waals surface area contributed by atoms with E-state index in [0.29, 0.717) is 29.6 Å². The van der Waals surface area contributed by atoms with Crippen LogP contribution in [0.2, 0.25) is 5.02 Å². The molecule has 0 bridgehead atoms. The van der Waals surface area contributed by atoms with Gasteiger partial charge in [-0.05, 0) is 36.4 Å². The number of anilines is 2. The van der Waals surface area contributed by atoms with Crippen LogP contribution in [-0.2, 0) is 9.53 Å². The first-order valence-corrected chi connectivity index (χ1v) is 7.42. The Bertz CT molecular complexity index is 617. The summed E-state index contributed by atoms with van der Waals surface area (Å²) in [6.45, 7) is 1.18. The molecule has 0 radical (unpaired) electrons. The van der Waals surface area contributed by atoms with Gasteiger partial charge in [0.15, 0.2) is 6.61 Å². The number of halogens is 1. The number of benzene rings is 1. The van der Waals surface area contributed by atoms with E-state index in [1.807, 2.05) is 0 Å². The first-order valence-electron chi connectivity index (χ1n) is 7.04. The minimum atomic E-state index is -0.262. The number of hydrogen-bond donors (Lipinski definition) is 2. The number of amides is 1. The fourth-order valence-corrected chi connectivity index (χ4v) is 1.86. The minimum absolute atomic E-state index is 0.0878. The van der Waals surface area contributed by atoms with E-state index in [2.05, 4.69) is 15.6 Å². The first-order chi connectivity index (χ1) is 11.2. The van der Waals surface area contributed by atoms with Crippen LogP contribution in [0, 0.1) is 0 Å². The minimum Gasteiger partial charge on any atom is -0.484 e. The number of hydrogen-bond acceptors (Lipinski definition) is 5. The van der Waals surface area contributed by atoms with Crippen LogP contribution in [0.5, 0.6) is 5.75 Å². The molecular formula is C16H18ClN3O3. The van der Waals surface area contributed by atoms with Crippen LogP contribution < -0.4 is 15.4 Å². The van der Waals surface area contributed by atoms with E-state index in [0.717, 1.165) is 5.82 Å². The lowest BCUT2D eigenvalue weighted by Gasteiger charge is -2.08. The molecule has 0 aliphatic rings. The molecule has 0 saturated carbocycles. The number of aromatic nitrogens is 1. The topological polar surface area (TPSA) is 72.5 Å². The molecule has 0 fully saturated rings. The van der Waals surface area contributed by atoms with Crippen LogP contribution in [-0.4, -0.2) is 37.8 Å². The van der Waals surface area contributed by atoms with Gasteiger partial charge in [-0.1, -0.05) is 11.6 Å². The largest absolute Gasteiger partial charge is 0.484 e. The molecule has 1 aromatic carbocycles. The molecule has 7 heteroatoms. The number of carbonyl (C=O) groups excluding carboxylic acids is 1. The van der Waals surface area contributed by atoms with Crippen LogP contribution in [0.15, 0.2) is 42.6 Å². The van der Waals surface area contributed by atoms with Crippen molar-refractivity contribution in [2.75, 3.05) is 37.5 Å². The Labute approximate surface area is 139 Å². The Morgan fingerprint density at radius 2 is 2.00 bits per heavy atom. The molecule has 0 saturated heterocycles. The second-order valence-corrected chi connectivity index (χ2v) is 5.08. The molecule has 122 valence electrons. The quantitative estimate of drug-likeness (QED) is 0.726. The van der Waals surface area contributed by atoms with Crippen molar-refractivity contribution in [1.82, 2.24) is 4.98 Å². The first kappa shape index (κ1) is 17.1. The highest BCUT2D eigenvalue weighted by molar-refractivity contribution is 6.30. The van der Waals surface area contributed by atoms with Gasteiger partial charge >= 0.3 is 0 Å². The van der Waals surface area contributed by atoms with Crippen molar-refractivity contribution in [2.45, 2.75) is 0 Å². The third kappa shape index (κ3) is 6.14. The van der Waals surface area contributed by atoms with Crippen molar-refractivity contribution in [3.8, 4) is 5.75 Å². The van der Waals surface area contributed by atoms with Crippen molar-refractivity contribution >= 4 is 29.0 Å². The Morgan fingerprint density at radius 3 is 2.65 bits per heavy atom. The second kappa shape index (κ2) is 8.97. The molecule has 0 atom stereocenters. The van der Waals surface area contributed by atoms with Crippen LogP contribution in [0.25, 0.3) is 0 Å². The van der Waals surface area contributed by atoms with Gasteiger partial charge in [0.2, 0.25) is 0 Å². The molecule has 0 aliphatic heterocycles. The maximum atomic E-state index is 11.8. The average Bonchev–Trinajstić information content (AvgIpc) is 2.56. The predicted molar refractivity (Wildman–Crippen MR) is 90.2 cm³/mol. The van der Waals surface area contributed by atoms with Gasteiger partial charge in [-0.3, -0.25) is 4.79 Å². The van der Waals surface area contributed by atoms with Crippen molar-refractivity contribution in [3.05, 3.63) is 47.6 Å². The maximum absolute atomic E-state index is 11.8. The number of methoxy groups -OCH3 is 1. The fraction of sp³-hybridized carbons (Fsp3) is 0.250. The summed E-state index contributed by atoms with van der Waals surface area (Å²) in [6, 6.07) is 10.4. The molecule has 6 nitrogen and oxygen atoms in total. The molecule has 2 N–H and O–H groups in total. The van der Waals surface area contributed by atoms with E-state index in [9.17, 15) is 4.79 Å². The van der Waals surface area contributed by atoms with Crippen molar-refractivity contribution in [1.29, 1.82) is 0 Å². The predicted octanol–water partition coefficient (Wildman–Crippen LogP) is 2.81. The van der Waals surface area contributed by atoms with E-state index in [4.69, 9.17) is 21.1 Å². The van der Waals surface area contributed by atoms with Gasteiger partial charge in [-0.15, -0.1) is 0 Å². The summed E-state index contributed by atoms with van der Waals surface area (Å²) < 4.78 is 10.3. The maximum Gasteiger partial charge on any atom is 0.262 e. The van der Waals surface area contributed by atoms with Crippen molar-refractivity contribution in [3.63, 3.8) is 0 Å². The third-order valence-corrected chi connectivity index (χ3v) is 3.10. The molecule has 0 aliphatic carbocycles. The molecular weight excluding hydrogens is 318 g/mol. The zero-order valence-corrected chi connectivity index (χ0v) is 13.5. The van der Waals surface area contributed by atoms with Gasteiger partial charge in [-0.2, -0.15) is 0 Å². The van der Waals surface area contributed by atoms with Gasteiger partial charge in [0.1, 0.15) is 11.6 Å². The molecule has 2 aromatic rings. The van der Waals surface area contributed by atoms with Crippen LogP contribution in [0.1, 0.15) is 0 Å². The molecule has 1 aromatic heterocycles. The Hall–Kier alpha value is -2.31. The summed E-state index contributed by atoms with van der Waals surface area (Å²) in [5, 5.41) is 6.42. The van der Waals surface area contributed by atoms with E-state index in [-0.39, 0.29) is 12.5 Å². The van der Waals surface area contributed by atoms with E-state index in [1.165, 1.54) is 0 Å². The molecule has 1 heterocycles. The molecule has 2 rings (SSSR count). The summed E-state index contributed by atoms with van der Waals surface area (Å²) in [6.07, 6.45) is 1.58. The highest BCUT2D eigenvalue weighted by atomic mass is 35.5. The number of carbonyl (C=O) groups is 1. The lowest BCUT2D eigenvalue weighted by Crippen LogP contribution is -2.20. The van der Waals surface area contributed by atoms with E-state index < -0.39 is 0 Å². The highest BCUT2D eigenvalue weighted by Crippen LogP contribution is 2.15. The van der Waals surface area contributed by atoms with Gasteiger partial charge in [-0.25, -0.2) is 4.98 Å². The molecule has 1 amide bonds. The Morgan fingerprint density at radius 1 is 1.22 bits per heavy atom. The number of pyridine rings is 1. The van der Waals surface area contributed by atoms with Crippen molar-refractivity contribution < 1.29 is 14.3 Å². The van der Waals surface area contributed by atoms with Crippen LogP contribution in [0.4, 0.5) is 11.5 Å². The zero-order chi connectivity index (χ0) is 16.5. The van der Waals surface area contributed by atoms with Crippen molar-refractivity contribution in [2.24, 2.45) is 0 Å². The lowest BCUT2D eigenvalue weighted by atomic mass is 10.3. The van der Waals surface area contributed by atoms with Crippen LogP contribution in [0.3, 0.4) is 0 Å². The monoisotopic (exact) mass is 335 g/mol. The number of nitrogens with zero attached hydrogens (tertiary/aromatic N) is 1. The third-order valence-electron chi connectivity index (χ3n) is 2.84. The molecule has 0 unspecified atom stereocenters. The second-order valence-electron chi connectivity index (χ2n) is 4.64. The SMILES string of the molecule is COCCNc1ccc(NC(=O)COc2ccc(Cl)cc2)cn1. The van der Waals surface area contributed by atoms with Gasteiger partial charge in [0.05, 0.1) is 18.5 Å². The number of nitrogens with one attached hydrogen (secondary N) is 2. The number of ether oxygens (including phenoxy) is 2. The molecule has 23 heavy (non-hydrogen) atoms. The standard InChI is InChI=1S/C16H18ClN3O3/c1-22-9-8-18-15-7-4-13(10-19-15)20-16(21)11-23-14-5-2-12(17)3-6-14/h2-7,10H,8-9,11H2,1H3,(H,18,19)(H,20,21). The van der Waals surface area contributed by atoms with Gasteiger partial charge in [0, 0.05) is 18.7 Å². The Kier molecular flexibility index (Phi) is 6.65. The van der Waals surface area contributed by atoms with Gasteiger partial charge < -0.3 is 20.1 Å². The van der Waals surface area contributed by atoms with Crippen LogP contribution >= 0.6 is 11.6 Å². The summed E-state index contributed by atoms with van der Waals surface area (Å²) >= 11 is 5.78. The smallest absolute Gasteiger partial charge is 0.262 e. The highest BCUT2D eigenvalue weighted by Gasteiger charge is 2.04. The lowest BCUT2D eigenvalue weighted by molar-refractivity contribution is -0.118. The zero-order valence-electron chi connectivity index (χ0n) is 12.7. The fourth-order valence-electron chi connectivity index (χ4n) is 1.73. The van der Waals surface area contributed by atoms with E-state index >= 15 is 0 Å². The normalized spacial score (nSPS) is 10.2. The molecule has 0 spiro atoms. The summed E-state index contributed by atoms with van der Waals surface area (Å²) in [7, 11) is 1.64. The average molecular weight is 336 g/mol.